The van der Waals surface area contributed by atoms with Crippen LogP contribution in [0, 0.1) is 5.92 Å². The minimum absolute atomic E-state index is 0.0313. The molecule has 252 valence electrons. The van der Waals surface area contributed by atoms with Crippen molar-refractivity contribution < 1.29 is 18.3 Å². The molecule has 12 rings (SSSR count). The summed E-state index contributed by atoms with van der Waals surface area (Å²) in [5, 5.41) is 8.13. The molecule has 2 N–H and O–H groups in total. The molecule has 6 aliphatic rings. The Morgan fingerprint density at radius 1 is 0.769 bits per heavy atom. The van der Waals surface area contributed by atoms with Gasteiger partial charge in [-0.1, -0.05) is 78.9 Å². The lowest BCUT2D eigenvalue weighted by Gasteiger charge is -2.51. The van der Waals surface area contributed by atoms with Crippen molar-refractivity contribution in [3.8, 4) is 17.2 Å². The van der Waals surface area contributed by atoms with Crippen LogP contribution < -0.4 is 20.1 Å². The highest BCUT2D eigenvalue weighted by molar-refractivity contribution is 6.03. The van der Waals surface area contributed by atoms with Crippen molar-refractivity contribution in [2.75, 3.05) is 11.9 Å². The third-order valence-electron chi connectivity index (χ3n) is 12.1. The molecular weight excluding hydrogens is 645 g/mol. The minimum atomic E-state index is -0.549. The Morgan fingerprint density at radius 3 is 2.58 bits per heavy atom. The Hall–Kier alpha value is -6.14. The van der Waals surface area contributed by atoms with Crippen molar-refractivity contribution in [1.29, 1.82) is 0 Å². The molecule has 0 saturated carbocycles. The van der Waals surface area contributed by atoms with E-state index in [2.05, 4.69) is 126 Å². The van der Waals surface area contributed by atoms with Crippen molar-refractivity contribution in [1.82, 2.24) is 5.32 Å². The summed E-state index contributed by atoms with van der Waals surface area (Å²) in [4.78, 5) is 0. The van der Waals surface area contributed by atoms with Gasteiger partial charge in [-0.3, -0.25) is 0 Å². The fourth-order valence-corrected chi connectivity index (χ4v) is 9.98. The SMILES string of the molecule is C1=Cc2oc3c(c2C(c2ccc4c(c2)Oc2ccccc2C42c4ccccc4OC4C=C(c5cccc6oc7c(c56)NCC7)C=CC42)C1)CNC=C3. The van der Waals surface area contributed by atoms with Crippen LogP contribution >= 0.6 is 0 Å². The van der Waals surface area contributed by atoms with Gasteiger partial charge in [-0.15, -0.1) is 0 Å². The summed E-state index contributed by atoms with van der Waals surface area (Å²) in [6.45, 7) is 1.67. The second-order valence-electron chi connectivity index (χ2n) is 14.6. The summed E-state index contributed by atoms with van der Waals surface area (Å²) in [7, 11) is 0. The van der Waals surface area contributed by atoms with E-state index in [4.69, 9.17) is 18.3 Å². The number of rotatable bonds is 2. The topological polar surface area (TPSA) is 68.8 Å². The molecule has 4 unspecified atom stereocenters. The maximum Gasteiger partial charge on any atom is 0.137 e. The van der Waals surface area contributed by atoms with Gasteiger partial charge in [0.1, 0.15) is 46.2 Å². The maximum atomic E-state index is 7.00. The van der Waals surface area contributed by atoms with E-state index < -0.39 is 5.41 Å². The molecule has 6 heterocycles. The molecule has 4 atom stereocenters. The molecule has 4 aromatic carbocycles. The molecule has 6 nitrogen and oxygen atoms in total. The average molecular weight is 679 g/mol. The average Bonchev–Trinajstić information content (AvgIpc) is 3.91. The van der Waals surface area contributed by atoms with E-state index in [1.165, 1.54) is 16.7 Å². The summed E-state index contributed by atoms with van der Waals surface area (Å²) in [5.74, 6) is 5.76. The summed E-state index contributed by atoms with van der Waals surface area (Å²) < 4.78 is 26.5. The number of benzene rings is 4. The Bertz CT molecular complexity index is 2630. The lowest BCUT2D eigenvalue weighted by molar-refractivity contribution is 0.135. The van der Waals surface area contributed by atoms with Gasteiger partial charge >= 0.3 is 0 Å². The molecule has 4 aliphatic heterocycles. The third-order valence-corrected chi connectivity index (χ3v) is 12.1. The molecule has 2 aromatic heterocycles. The summed E-state index contributed by atoms with van der Waals surface area (Å²) >= 11 is 0. The number of anilines is 1. The van der Waals surface area contributed by atoms with Gasteiger partial charge in [0.2, 0.25) is 0 Å². The first-order valence-corrected chi connectivity index (χ1v) is 18.3. The summed E-state index contributed by atoms with van der Waals surface area (Å²) in [5.41, 5.74) is 11.0. The Balaban J connectivity index is 1.04. The lowest BCUT2D eigenvalue weighted by atomic mass is 9.56. The second-order valence-corrected chi connectivity index (χ2v) is 14.6. The van der Waals surface area contributed by atoms with Gasteiger partial charge < -0.3 is 28.9 Å². The van der Waals surface area contributed by atoms with Crippen LogP contribution in [0.25, 0.3) is 28.7 Å². The van der Waals surface area contributed by atoms with Crippen LogP contribution in [-0.4, -0.2) is 12.6 Å². The molecule has 0 saturated heterocycles. The molecule has 52 heavy (non-hydrogen) atoms. The van der Waals surface area contributed by atoms with Gasteiger partial charge in [0.15, 0.2) is 0 Å². The van der Waals surface area contributed by atoms with Gasteiger partial charge in [-0.05, 0) is 65.6 Å². The number of para-hydroxylation sites is 2. The molecule has 0 bridgehead atoms. The van der Waals surface area contributed by atoms with E-state index >= 15 is 0 Å². The molecule has 6 aromatic rings. The van der Waals surface area contributed by atoms with Crippen LogP contribution in [-0.2, 0) is 18.4 Å². The second kappa shape index (κ2) is 10.5. The van der Waals surface area contributed by atoms with E-state index in [1.54, 1.807) is 0 Å². The quantitative estimate of drug-likeness (QED) is 0.190. The predicted octanol–water partition coefficient (Wildman–Crippen LogP) is 10.1. The van der Waals surface area contributed by atoms with E-state index in [0.717, 1.165) is 105 Å². The van der Waals surface area contributed by atoms with E-state index in [-0.39, 0.29) is 17.9 Å². The highest BCUT2D eigenvalue weighted by Crippen LogP contribution is 2.62. The first kappa shape index (κ1) is 28.5. The molecule has 0 amide bonds. The zero-order chi connectivity index (χ0) is 34.0. The van der Waals surface area contributed by atoms with Gasteiger partial charge in [0.25, 0.3) is 0 Å². The first-order valence-electron chi connectivity index (χ1n) is 18.3. The monoisotopic (exact) mass is 678 g/mol. The van der Waals surface area contributed by atoms with Crippen molar-refractivity contribution >= 4 is 34.4 Å². The number of hydrogen-bond acceptors (Lipinski definition) is 6. The third kappa shape index (κ3) is 3.74. The normalized spacial score (nSPS) is 23.8. The van der Waals surface area contributed by atoms with Gasteiger partial charge in [0, 0.05) is 65.4 Å². The number of ether oxygens (including phenoxy) is 2. The Morgan fingerprint density at radius 2 is 1.63 bits per heavy atom. The van der Waals surface area contributed by atoms with E-state index in [0.29, 0.717) is 0 Å². The smallest absolute Gasteiger partial charge is 0.137 e. The molecule has 2 aliphatic carbocycles. The van der Waals surface area contributed by atoms with Crippen LogP contribution in [0.1, 0.15) is 68.6 Å². The van der Waals surface area contributed by atoms with Crippen LogP contribution in [0.5, 0.6) is 17.2 Å². The van der Waals surface area contributed by atoms with Crippen LogP contribution in [0.4, 0.5) is 5.69 Å². The first-order chi connectivity index (χ1) is 25.8. The molecular formula is C46H34N2O4. The standard InChI is InChI=1S/C46H34N2O4/c1-3-11-36-31(9-1)46(33-17-15-26(23-41(33)50-36)28-7-5-13-38-43(28)30-25-47-21-19-35(30)49-38)32-10-2-4-12-37(32)51-42-24-27(16-18-34(42)46)29-8-6-14-39-44(29)45-40(52-39)20-22-48-45/h1-6,8-19,21,23-24,28,34,42,47-48H,7,20,22,25H2. The van der Waals surface area contributed by atoms with Crippen molar-refractivity contribution in [3.05, 3.63) is 172 Å². The zero-order valence-corrected chi connectivity index (χ0v) is 28.3. The van der Waals surface area contributed by atoms with Crippen molar-refractivity contribution in [2.24, 2.45) is 5.92 Å². The van der Waals surface area contributed by atoms with Gasteiger partial charge in [-0.25, -0.2) is 0 Å². The highest BCUT2D eigenvalue weighted by atomic mass is 16.5. The van der Waals surface area contributed by atoms with Crippen LogP contribution in [0.3, 0.4) is 0 Å². The fourth-order valence-electron chi connectivity index (χ4n) is 9.98. The number of fused-ring (bicyclic) bond motifs is 14. The van der Waals surface area contributed by atoms with Crippen molar-refractivity contribution in [2.45, 2.75) is 36.8 Å². The van der Waals surface area contributed by atoms with E-state index in [1.807, 2.05) is 12.3 Å². The highest BCUT2D eigenvalue weighted by Gasteiger charge is 2.55. The number of furan rings is 2. The van der Waals surface area contributed by atoms with Gasteiger partial charge in [-0.2, -0.15) is 0 Å². The molecule has 1 spiro atoms. The number of hydrogen-bond donors (Lipinski definition) is 2. The maximum absolute atomic E-state index is 7.00. The Kier molecular flexibility index (Phi) is 5.74. The van der Waals surface area contributed by atoms with Crippen LogP contribution in [0.2, 0.25) is 0 Å². The lowest BCUT2D eigenvalue weighted by Crippen LogP contribution is -2.50. The fraction of sp³-hybridized carbons (Fsp3) is 0.174. The largest absolute Gasteiger partial charge is 0.485 e. The van der Waals surface area contributed by atoms with E-state index in [9.17, 15) is 0 Å². The summed E-state index contributed by atoms with van der Waals surface area (Å²) in [6.07, 6.45) is 17.0. The number of nitrogens with one attached hydrogen (secondary N) is 2. The molecule has 0 radical (unpaired) electrons. The molecule has 0 fully saturated rings. The van der Waals surface area contributed by atoms with Crippen LogP contribution in [0.15, 0.2) is 124 Å². The number of allylic oxidation sites excluding steroid dienone is 3. The van der Waals surface area contributed by atoms with Gasteiger partial charge in [0.05, 0.1) is 16.5 Å². The zero-order valence-electron chi connectivity index (χ0n) is 28.3. The van der Waals surface area contributed by atoms with Crippen molar-refractivity contribution in [3.63, 3.8) is 0 Å². The Labute approximate surface area is 300 Å². The summed E-state index contributed by atoms with van der Waals surface area (Å²) in [6, 6.07) is 30.5. The molecule has 6 heteroatoms. The predicted molar refractivity (Wildman–Crippen MR) is 203 cm³/mol. The minimum Gasteiger partial charge on any atom is -0.485 e.